The number of para-hydroxylation sites is 1. The predicted octanol–water partition coefficient (Wildman–Crippen LogP) is 5.98. The van der Waals surface area contributed by atoms with Gasteiger partial charge in [0.15, 0.2) is 11.5 Å². The summed E-state index contributed by atoms with van der Waals surface area (Å²) in [6.07, 6.45) is 5.14. The molecule has 1 aromatic carbocycles. The number of carbonyl (C=O) groups is 1. The van der Waals surface area contributed by atoms with Gasteiger partial charge in [-0.15, -0.1) is 0 Å². The molecule has 20 heavy (non-hydrogen) atoms. The van der Waals surface area contributed by atoms with Gasteiger partial charge in [0.1, 0.15) is 5.58 Å². The Balaban J connectivity index is 2.12. The zero-order chi connectivity index (χ0) is 14.5. The highest BCUT2D eigenvalue weighted by Crippen LogP contribution is 2.28. The van der Waals surface area contributed by atoms with Gasteiger partial charge in [-0.1, -0.05) is 51.7 Å². The molecule has 0 radical (unpaired) electrons. The van der Waals surface area contributed by atoms with Gasteiger partial charge < -0.3 is 4.42 Å². The van der Waals surface area contributed by atoms with Crippen molar-refractivity contribution in [2.24, 2.45) is 5.92 Å². The molecule has 0 N–H and O–H groups in total. The standard InChI is InChI=1S/C17H21BrO2/c1-3-5-7-12(4-2)10-15(19)16-11-13-8-6-9-14(18)17(13)20-16/h6,8-9,11-12H,3-5,7,10H2,1-2H3. The van der Waals surface area contributed by atoms with E-state index < -0.39 is 0 Å². The summed E-state index contributed by atoms with van der Waals surface area (Å²) in [6.45, 7) is 4.34. The average Bonchev–Trinajstić information content (AvgIpc) is 2.89. The van der Waals surface area contributed by atoms with Crippen LogP contribution in [0, 0.1) is 5.92 Å². The van der Waals surface area contributed by atoms with Crippen LogP contribution < -0.4 is 0 Å². The molecule has 2 nitrogen and oxygen atoms in total. The van der Waals surface area contributed by atoms with E-state index in [1.54, 1.807) is 0 Å². The Morgan fingerprint density at radius 3 is 2.80 bits per heavy atom. The van der Waals surface area contributed by atoms with E-state index in [-0.39, 0.29) is 5.78 Å². The fourth-order valence-electron chi connectivity index (χ4n) is 2.47. The average molecular weight is 337 g/mol. The van der Waals surface area contributed by atoms with Crippen LogP contribution in [0.5, 0.6) is 0 Å². The quantitative estimate of drug-likeness (QED) is 0.581. The van der Waals surface area contributed by atoms with Gasteiger partial charge in [-0.3, -0.25) is 4.79 Å². The topological polar surface area (TPSA) is 30.2 Å². The summed E-state index contributed by atoms with van der Waals surface area (Å²) in [5.74, 6) is 1.08. The molecule has 2 aromatic rings. The molecule has 0 bridgehead atoms. The number of ketones is 1. The van der Waals surface area contributed by atoms with Crippen LogP contribution in [0.1, 0.15) is 56.5 Å². The van der Waals surface area contributed by atoms with Gasteiger partial charge in [-0.05, 0) is 34.0 Å². The number of furan rings is 1. The Kier molecular flexibility index (Phi) is 5.41. The smallest absolute Gasteiger partial charge is 0.198 e. The molecule has 0 aliphatic heterocycles. The van der Waals surface area contributed by atoms with E-state index in [0.29, 0.717) is 18.1 Å². The second-order valence-electron chi connectivity index (χ2n) is 5.31. The van der Waals surface area contributed by atoms with E-state index in [0.717, 1.165) is 28.3 Å². The second-order valence-corrected chi connectivity index (χ2v) is 6.17. The van der Waals surface area contributed by atoms with E-state index >= 15 is 0 Å². The van der Waals surface area contributed by atoms with Crippen LogP contribution in [0.4, 0.5) is 0 Å². The summed E-state index contributed by atoms with van der Waals surface area (Å²) in [6, 6.07) is 7.70. The van der Waals surface area contributed by atoms with Crippen molar-refractivity contribution >= 4 is 32.7 Å². The lowest BCUT2D eigenvalue weighted by Gasteiger charge is -2.12. The number of carbonyl (C=O) groups excluding carboxylic acids is 1. The van der Waals surface area contributed by atoms with Gasteiger partial charge in [-0.25, -0.2) is 0 Å². The van der Waals surface area contributed by atoms with E-state index in [1.807, 2.05) is 24.3 Å². The Hall–Kier alpha value is -1.09. The maximum atomic E-state index is 12.3. The first-order valence-corrected chi connectivity index (χ1v) is 8.16. The van der Waals surface area contributed by atoms with E-state index in [4.69, 9.17) is 4.42 Å². The molecule has 0 amide bonds. The van der Waals surface area contributed by atoms with Crippen LogP contribution >= 0.6 is 15.9 Å². The van der Waals surface area contributed by atoms with Gasteiger partial charge >= 0.3 is 0 Å². The summed E-state index contributed by atoms with van der Waals surface area (Å²) < 4.78 is 6.61. The highest BCUT2D eigenvalue weighted by molar-refractivity contribution is 9.10. The van der Waals surface area contributed by atoms with Crippen LogP contribution in [-0.2, 0) is 0 Å². The molecule has 0 aliphatic rings. The molecule has 108 valence electrons. The lowest BCUT2D eigenvalue weighted by molar-refractivity contribution is 0.0931. The van der Waals surface area contributed by atoms with Crippen molar-refractivity contribution in [1.82, 2.24) is 0 Å². The maximum Gasteiger partial charge on any atom is 0.198 e. The number of rotatable bonds is 7. The van der Waals surface area contributed by atoms with Crippen LogP contribution in [-0.4, -0.2) is 5.78 Å². The van der Waals surface area contributed by atoms with Crippen LogP contribution in [0.25, 0.3) is 11.0 Å². The minimum atomic E-state index is 0.121. The number of Topliss-reactive ketones (excluding diaryl/α,β-unsaturated/α-hetero) is 1. The number of halogens is 1. The fourth-order valence-corrected chi connectivity index (χ4v) is 2.93. The molecule has 0 fully saturated rings. The Morgan fingerprint density at radius 1 is 1.35 bits per heavy atom. The summed E-state index contributed by atoms with van der Waals surface area (Å²) in [4.78, 5) is 12.3. The van der Waals surface area contributed by atoms with Gasteiger partial charge in [0.2, 0.25) is 0 Å². The van der Waals surface area contributed by atoms with Crippen molar-refractivity contribution in [3.05, 3.63) is 34.5 Å². The maximum absolute atomic E-state index is 12.3. The minimum Gasteiger partial charge on any atom is -0.452 e. The van der Waals surface area contributed by atoms with Crippen LogP contribution in [0.3, 0.4) is 0 Å². The molecule has 3 heteroatoms. The molecule has 0 saturated carbocycles. The first kappa shape index (κ1) is 15.3. The molecule has 0 spiro atoms. The van der Waals surface area contributed by atoms with Crippen molar-refractivity contribution in [2.75, 3.05) is 0 Å². The first-order valence-electron chi connectivity index (χ1n) is 7.37. The van der Waals surface area contributed by atoms with Crippen LogP contribution in [0.2, 0.25) is 0 Å². The van der Waals surface area contributed by atoms with E-state index in [1.165, 1.54) is 12.8 Å². The summed E-state index contributed by atoms with van der Waals surface area (Å²) in [7, 11) is 0. The van der Waals surface area contributed by atoms with Crippen molar-refractivity contribution in [3.8, 4) is 0 Å². The molecule has 1 atom stereocenters. The van der Waals surface area contributed by atoms with Gasteiger partial charge in [0.25, 0.3) is 0 Å². The Morgan fingerprint density at radius 2 is 2.15 bits per heavy atom. The van der Waals surface area contributed by atoms with Gasteiger partial charge in [0.05, 0.1) is 4.47 Å². The largest absolute Gasteiger partial charge is 0.452 e. The number of hydrogen-bond acceptors (Lipinski definition) is 2. The highest BCUT2D eigenvalue weighted by Gasteiger charge is 2.17. The molecular formula is C17H21BrO2. The normalized spacial score (nSPS) is 12.8. The lowest BCUT2D eigenvalue weighted by Crippen LogP contribution is -2.07. The summed E-state index contributed by atoms with van der Waals surface area (Å²) >= 11 is 3.45. The monoisotopic (exact) mass is 336 g/mol. The molecule has 1 unspecified atom stereocenters. The van der Waals surface area contributed by atoms with Crippen molar-refractivity contribution < 1.29 is 9.21 Å². The lowest BCUT2D eigenvalue weighted by atomic mass is 9.93. The highest BCUT2D eigenvalue weighted by atomic mass is 79.9. The predicted molar refractivity (Wildman–Crippen MR) is 86.2 cm³/mol. The third-order valence-electron chi connectivity index (χ3n) is 3.79. The number of fused-ring (bicyclic) bond motifs is 1. The zero-order valence-electron chi connectivity index (χ0n) is 12.1. The minimum absolute atomic E-state index is 0.121. The summed E-state index contributed by atoms with van der Waals surface area (Å²) in [5.41, 5.74) is 0.762. The number of benzene rings is 1. The zero-order valence-corrected chi connectivity index (χ0v) is 13.7. The molecular weight excluding hydrogens is 316 g/mol. The van der Waals surface area contributed by atoms with E-state index in [2.05, 4.69) is 29.8 Å². The van der Waals surface area contributed by atoms with Crippen molar-refractivity contribution in [2.45, 2.75) is 46.0 Å². The Labute approximate surface area is 128 Å². The van der Waals surface area contributed by atoms with Gasteiger partial charge in [0, 0.05) is 11.8 Å². The number of hydrogen-bond donors (Lipinski definition) is 0. The molecule has 1 heterocycles. The molecule has 2 rings (SSSR count). The van der Waals surface area contributed by atoms with Gasteiger partial charge in [-0.2, -0.15) is 0 Å². The Bertz CT molecular complexity index is 586. The van der Waals surface area contributed by atoms with E-state index in [9.17, 15) is 4.79 Å². The molecule has 1 aromatic heterocycles. The molecule has 0 saturated heterocycles. The summed E-state index contributed by atoms with van der Waals surface area (Å²) in [5, 5.41) is 0.976. The van der Waals surface area contributed by atoms with Crippen molar-refractivity contribution in [1.29, 1.82) is 0 Å². The fraction of sp³-hybridized carbons (Fsp3) is 0.471. The molecule has 0 aliphatic carbocycles. The first-order chi connectivity index (χ1) is 9.65. The third-order valence-corrected chi connectivity index (χ3v) is 4.41. The second kappa shape index (κ2) is 7.07. The SMILES string of the molecule is CCCCC(CC)CC(=O)c1cc2cccc(Br)c2o1. The number of unbranched alkanes of at least 4 members (excludes halogenated alkanes) is 1. The third kappa shape index (κ3) is 3.51. The van der Waals surface area contributed by atoms with Crippen molar-refractivity contribution in [3.63, 3.8) is 0 Å². The van der Waals surface area contributed by atoms with Crippen LogP contribution in [0.15, 0.2) is 33.2 Å².